The smallest absolute Gasteiger partial charge is 0.308 e. The monoisotopic (exact) mass is 383 g/mol. The number of carbonyl (C=O) groups is 2. The van der Waals surface area contributed by atoms with Gasteiger partial charge in [-0.2, -0.15) is 0 Å². The molecule has 2 aromatic carbocycles. The van der Waals surface area contributed by atoms with Crippen LogP contribution in [0.4, 0.5) is 0 Å². The molecule has 0 saturated carbocycles. The van der Waals surface area contributed by atoms with Gasteiger partial charge in [-0.25, -0.2) is 0 Å². The third kappa shape index (κ3) is 3.96. The van der Waals surface area contributed by atoms with Crippen LogP contribution in [0.3, 0.4) is 0 Å². The van der Waals surface area contributed by atoms with E-state index in [1.165, 1.54) is 0 Å². The fourth-order valence-corrected chi connectivity index (χ4v) is 3.59. The highest BCUT2D eigenvalue weighted by atomic mass is 16.5. The van der Waals surface area contributed by atoms with Crippen LogP contribution in [0.25, 0.3) is 0 Å². The fourth-order valence-electron chi connectivity index (χ4n) is 3.59. The molecular weight excluding hydrogens is 358 g/mol. The molecule has 0 saturated heterocycles. The first-order valence-electron chi connectivity index (χ1n) is 9.35. The first-order chi connectivity index (χ1) is 13.6. The Hall–Kier alpha value is -3.02. The van der Waals surface area contributed by atoms with Gasteiger partial charge in [0.05, 0.1) is 33.3 Å². The van der Waals surface area contributed by atoms with Crippen molar-refractivity contribution in [1.29, 1.82) is 0 Å². The van der Waals surface area contributed by atoms with Crippen molar-refractivity contribution in [2.75, 3.05) is 27.4 Å². The number of rotatable bonds is 8. The number of fused-ring (bicyclic) bond motifs is 1. The van der Waals surface area contributed by atoms with Crippen LogP contribution in [0.5, 0.6) is 11.5 Å². The maximum absolute atomic E-state index is 12.9. The molecule has 1 heterocycles. The Labute approximate surface area is 165 Å². The van der Waals surface area contributed by atoms with Gasteiger partial charge < -0.3 is 19.1 Å². The molecule has 28 heavy (non-hydrogen) atoms. The normalized spacial score (nSPS) is 15.3. The zero-order valence-corrected chi connectivity index (χ0v) is 16.4. The van der Waals surface area contributed by atoms with E-state index >= 15 is 0 Å². The molecule has 2 aromatic rings. The number of amides is 1. The summed E-state index contributed by atoms with van der Waals surface area (Å²) in [5.41, 5.74) is 2.56. The molecule has 1 unspecified atom stereocenters. The molecule has 0 bridgehead atoms. The fraction of sp³-hybridized carbons (Fsp3) is 0.364. The average molecular weight is 383 g/mol. The number of methoxy groups -OCH3 is 2. The van der Waals surface area contributed by atoms with Gasteiger partial charge in [-0.15, -0.1) is 0 Å². The number of esters is 1. The largest absolute Gasteiger partial charge is 0.493 e. The molecule has 6 nitrogen and oxygen atoms in total. The van der Waals surface area contributed by atoms with Crippen molar-refractivity contribution >= 4 is 11.9 Å². The lowest BCUT2D eigenvalue weighted by Gasteiger charge is -2.25. The van der Waals surface area contributed by atoms with E-state index in [1.807, 2.05) is 42.5 Å². The van der Waals surface area contributed by atoms with E-state index in [2.05, 4.69) is 0 Å². The summed E-state index contributed by atoms with van der Waals surface area (Å²) in [6.07, 6.45) is 0.794. The van der Waals surface area contributed by atoms with Crippen LogP contribution in [-0.2, 0) is 16.0 Å². The minimum atomic E-state index is -0.303. The van der Waals surface area contributed by atoms with Crippen molar-refractivity contribution in [2.24, 2.45) is 0 Å². The second-order valence-corrected chi connectivity index (χ2v) is 6.55. The average Bonchev–Trinajstić information content (AvgIpc) is 2.98. The van der Waals surface area contributed by atoms with Crippen molar-refractivity contribution in [3.05, 3.63) is 59.2 Å². The summed E-state index contributed by atoms with van der Waals surface area (Å²) in [5.74, 6) is 0.966. The van der Waals surface area contributed by atoms with E-state index < -0.39 is 0 Å². The van der Waals surface area contributed by atoms with E-state index in [4.69, 9.17) is 14.2 Å². The molecule has 1 aliphatic heterocycles. The van der Waals surface area contributed by atoms with Gasteiger partial charge in [-0.1, -0.05) is 24.3 Å². The number of hydrogen-bond acceptors (Lipinski definition) is 5. The molecule has 148 valence electrons. The first kappa shape index (κ1) is 19.7. The molecule has 1 amide bonds. The molecule has 0 aromatic heterocycles. The van der Waals surface area contributed by atoms with Crippen molar-refractivity contribution in [1.82, 2.24) is 4.90 Å². The number of ether oxygens (including phenoxy) is 3. The highest BCUT2D eigenvalue weighted by Gasteiger charge is 2.37. The van der Waals surface area contributed by atoms with Crippen molar-refractivity contribution in [3.8, 4) is 11.5 Å². The van der Waals surface area contributed by atoms with Gasteiger partial charge in [-0.3, -0.25) is 9.59 Å². The third-order valence-corrected chi connectivity index (χ3v) is 4.94. The molecule has 1 atom stereocenters. The molecule has 0 fully saturated rings. The molecule has 0 spiro atoms. The van der Waals surface area contributed by atoms with Crippen molar-refractivity contribution in [3.63, 3.8) is 0 Å². The Kier molecular flexibility index (Phi) is 6.19. The Morgan fingerprint density at radius 1 is 1.07 bits per heavy atom. The molecule has 0 N–H and O–H groups in total. The van der Waals surface area contributed by atoms with Crippen LogP contribution in [0.2, 0.25) is 0 Å². The number of nitrogens with zero attached hydrogens (tertiary/aromatic N) is 1. The lowest BCUT2D eigenvalue weighted by Crippen LogP contribution is -2.31. The predicted octanol–water partition coefficient (Wildman–Crippen LogP) is 3.40. The minimum absolute atomic E-state index is 0.0506. The summed E-state index contributed by atoms with van der Waals surface area (Å²) >= 11 is 0. The van der Waals surface area contributed by atoms with Gasteiger partial charge in [0.2, 0.25) is 0 Å². The Morgan fingerprint density at radius 2 is 1.82 bits per heavy atom. The second kappa shape index (κ2) is 8.78. The van der Waals surface area contributed by atoms with Crippen LogP contribution in [0.1, 0.15) is 40.9 Å². The molecule has 6 heteroatoms. The van der Waals surface area contributed by atoms with E-state index in [0.29, 0.717) is 36.6 Å². The standard InChI is InChI=1S/C22H25NO5/c1-4-28-21(24)14-18-16-7-5-6-8-17(16)22(25)23(18)12-11-15-9-10-19(26-2)20(13-15)27-3/h5-10,13,18H,4,11-12,14H2,1-3H3. The van der Waals surface area contributed by atoms with Crippen LogP contribution < -0.4 is 9.47 Å². The molecule has 0 radical (unpaired) electrons. The lowest BCUT2D eigenvalue weighted by atomic mass is 10.0. The number of hydrogen-bond donors (Lipinski definition) is 0. The summed E-state index contributed by atoms with van der Waals surface area (Å²) in [6, 6.07) is 12.9. The van der Waals surface area contributed by atoms with Crippen molar-refractivity contribution < 1.29 is 23.8 Å². The third-order valence-electron chi connectivity index (χ3n) is 4.94. The minimum Gasteiger partial charge on any atom is -0.493 e. The highest BCUT2D eigenvalue weighted by Crippen LogP contribution is 2.36. The van der Waals surface area contributed by atoms with Gasteiger partial charge in [0.1, 0.15) is 0 Å². The lowest BCUT2D eigenvalue weighted by molar-refractivity contribution is -0.144. The Bertz CT molecular complexity index is 864. The van der Waals surface area contributed by atoms with Crippen LogP contribution in [0, 0.1) is 0 Å². The van der Waals surface area contributed by atoms with Crippen LogP contribution in [0.15, 0.2) is 42.5 Å². The SMILES string of the molecule is CCOC(=O)CC1c2ccccc2C(=O)N1CCc1ccc(OC)c(OC)c1. The van der Waals surface area contributed by atoms with Gasteiger partial charge in [0.15, 0.2) is 11.5 Å². The second-order valence-electron chi connectivity index (χ2n) is 6.55. The molecule has 0 aliphatic carbocycles. The molecule has 1 aliphatic rings. The number of benzene rings is 2. The van der Waals surface area contributed by atoms with Crippen LogP contribution in [-0.4, -0.2) is 44.1 Å². The molecule has 3 rings (SSSR count). The van der Waals surface area contributed by atoms with E-state index in [-0.39, 0.29) is 24.3 Å². The zero-order chi connectivity index (χ0) is 20.1. The van der Waals surface area contributed by atoms with Crippen molar-refractivity contribution in [2.45, 2.75) is 25.8 Å². The molecular formula is C22H25NO5. The topological polar surface area (TPSA) is 65.1 Å². The van der Waals surface area contributed by atoms with E-state index in [0.717, 1.165) is 11.1 Å². The highest BCUT2D eigenvalue weighted by molar-refractivity contribution is 5.99. The van der Waals surface area contributed by atoms with Gasteiger partial charge in [0.25, 0.3) is 5.91 Å². The first-order valence-corrected chi connectivity index (χ1v) is 9.35. The summed E-state index contributed by atoms with van der Waals surface area (Å²) in [4.78, 5) is 26.8. The van der Waals surface area contributed by atoms with Gasteiger partial charge >= 0.3 is 5.97 Å². The Morgan fingerprint density at radius 3 is 2.54 bits per heavy atom. The van der Waals surface area contributed by atoms with Gasteiger partial charge in [0, 0.05) is 12.1 Å². The maximum atomic E-state index is 12.9. The van der Waals surface area contributed by atoms with E-state index in [9.17, 15) is 9.59 Å². The summed E-state index contributed by atoms with van der Waals surface area (Å²) in [7, 11) is 3.19. The Balaban J connectivity index is 1.79. The summed E-state index contributed by atoms with van der Waals surface area (Å²) < 4.78 is 15.7. The maximum Gasteiger partial charge on any atom is 0.308 e. The predicted molar refractivity (Wildman–Crippen MR) is 105 cm³/mol. The quantitative estimate of drug-likeness (QED) is 0.654. The van der Waals surface area contributed by atoms with Crippen LogP contribution >= 0.6 is 0 Å². The van der Waals surface area contributed by atoms with Gasteiger partial charge in [-0.05, 0) is 42.7 Å². The summed E-state index contributed by atoms with van der Waals surface area (Å²) in [5, 5.41) is 0. The van der Waals surface area contributed by atoms with E-state index in [1.54, 1.807) is 26.0 Å². The summed E-state index contributed by atoms with van der Waals surface area (Å²) in [6.45, 7) is 2.60. The number of carbonyl (C=O) groups excluding carboxylic acids is 2. The zero-order valence-electron chi connectivity index (χ0n) is 16.4.